The van der Waals surface area contributed by atoms with Gasteiger partial charge in [0.1, 0.15) is 0 Å². The molecule has 2 rings (SSSR count). The zero-order chi connectivity index (χ0) is 13.3. The van der Waals surface area contributed by atoms with E-state index in [1.807, 2.05) is 0 Å². The summed E-state index contributed by atoms with van der Waals surface area (Å²) in [4.78, 5) is 11.0. The van der Waals surface area contributed by atoms with E-state index in [1.54, 1.807) is 0 Å². The van der Waals surface area contributed by atoms with Crippen LogP contribution < -0.4 is 0 Å². The van der Waals surface area contributed by atoms with Gasteiger partial charge >= 0.3 is 5.97 Å². The van der Waals surface area contributed by atoms with Gasteiger partial charge in [0.25, 0.3) is 0 Å². The summed E-state index contributed by atoms with van der Waals surface area (Å²) in [7, 11) is 0. The van der Waals surface area contributed by atoms with Crippen LogP contribution in [-0.4, -0.2) is 25.3 Å². The predicted molar refractivity (Wildman–Crippen MR) is 70.1 cm³/mol. The summed E-state index contributed by atoms with van der Waals surface area (Å²) in [6.07, 6.45) is 4.68. The van der Waals surface area contributed by atoms with E-state index in [1.165, 1.54) is 12.5 Å². The Morgan fingerprint density at radius 2 is 2.33 bits per heavy atom. The summed E-state index contributed by atoms with van der Waals surface area (Å²) in [6.45, 7) is 9.30. The van der Waals surface area contributed by atoms with Gasteiger partial charge in [-0.2, -0.15) is 0 Å². The maximum Gasteiger partial charge on any atom is 0.302 e. The molecule has 1 saturated heterocycles. The summed E-state index contributed by atoms with van der Waals surface area (Å²) in [5.74, 6) is 0.824. The largest absolute Gasteiger partial charge is 0.465 e. The van der Waals surface area contributed by atoms with Crippen LogP contribution in [0.2, 0.25) is 0 Å². The maximum atomic E-state index is 11.0. The highest BCUT2D eigenvalue weighted by atomic mass is 16.5. The third kappa shape index (κ3) is 2.61. The van der Waals surface area contributed by atoms with Crippen LogP contribution in [0.15, 0.2) is 11.6 Å². The molecule has 1 unspecified atom stereocenters. The van der Waals surface area contributed by atoms with Crippen molar-refractivity contribution in [3.63, 3.8) is 0 Å². The van der Waals surface area contributed by atoms with Crippen LogP contribution in [0, 0.1) is 17.3 Å². The Morgan fingerprint density at radius 1 is 1.61 bits per heavy atom. The fraction of sp³-hybridized carbons (Fsp3) is 0.800. The van der Waals surface area contributed by atoms with E-state index in [9.17, 15) is 4.79 Å². The summed E-state index contributed by atoms with van der Waals surface area (Å²) in [6, 6.07) is 0. The van der Waals surface area contributed by atoms with Gasteiger partial charge in [-0.15, -0.1) is 0 Å². The fourth-order valence-electron chi connectivity index (χ4n) is 3.19. The highest BCUT2D eigenvalue weighted by Gasteiger charge is 2.45. The average molecular weight is 252 g/mol. The van der Waals surface area contributed by atoms with Crippen molar-refractivity contribution < 1.29 is 14.3 Å². The molecule has 0 saturated carbocycles. The number of hydrogen-bond donors (Lipinski definition) is 0. The summed E-state index contributed by atoms with van der Waals surface area (Å²) >= 11 is 0. The van der Waals surface area contributed by atoms with Crippen molar-refractivity contribution in [3.05, 3.63) is 11.6 Å². The Balaban J connectivity index is 2.12. The Hall–Kier alpha value is -0.830. The molecule has 1 aliphatic heterocycles. The molecular formula is C15H24O3. The summed E-state index contributed by atoms with van der Waals surface area (Å²) in [5.41, 5.74) is 1.45. The minimum absolute atomic E-state index is 0.0151. The number of allylic oxidation sites excluding steroid dienone is 1. The molecule has 1 heterocycles. The standard InChI is InChI=1S/C15H24O3/c1-10(2)14-13-7-15(9-18-14,6-5-11(13)3)8-17-12(4)16/h5,10,13-14H,6-9H2,1-4H3/t13-,14?,15-/m0/s1. The van der Waals surface area contributed by atoms with Crippen molar-refractivity contribution in [1.29, 1.82) is 0 Å². The minimum atomic E-state index is -0.196. The van der Waals surface area contributed by atoms with Gasteiger partial charge in [-0.25, -0.2) is 0 Å². The molecule has 2 bridgehead atoms. The van der Waals surface area contributed by atoms with E-state index in [0.717, 1.165) is 12.8 Å². The molecule has 0 radical (unpaired) electrons. The first-order chi connectivity index (χ1) is 8.43. The fourth-order valence-corrected chi connectivity index (χ4v) is 3.19. The van der Waals surface area contributed by atoms with Gasteiger partial charge in [0.2, 0.25) is 0 Å². The number of carbonyl (C=O) groups is 1. The molecule has 0 aromatic heterocycles. The molecule has 0 amide bonds. The first-order valence-corrected chi connectivity index (χ1v) is 6.85. The van der Waals surface area contributed by atoms with Crippen molar-refractivity contribution >= 4 is 5.97 Å². The maximum absolute atomic E-state index is 11.0. The van der Waals surface area contributed by atoms with E-state index in [4.69, 9.17) is 9.47 Å². The van der Waals surface area contributed by atoms with Crippen LogP contribution in [0.25, 0.3) is 0 Å². The molecule has 3 heteroatoms. The number of fused-ring (bicyclic) bond motifs is 2. The Morgan fingerprint density at radius 3 is 2.94 bits per heavy atom. The van der Waals surface area contributed by atoms with Crippen LogP contribution in [0.3, 0.4) is 0 Å². The molecular weight excluding hydrogens is 228 g/mol. The van der Waals surface area contributed by atoms with Crippen LogP contribution in [0.4, 0.5) is 0 Å². The van der Waals surface area contributed by atoms with E-state index in [0.29, 0.717) is 31.2 Å². The van der Waals surface area contributed by atoms with E-state index < -0.39 is 0 Å². The topological polar surface area (TPSA) is 35.5 Å². The third-order valence-corrected chi connectivity index (χ3v) is 4.31. The monoisotopic (exact) mass is 252 g/mol. The van der Waals surface area contributed by atoms with Crippen LogP contribution in [0.1, 0.15) is 40.5 Å². The number of rotatable bonds is 3. The first-order valence-electron chi connectivity index (χ1n) is 6.85. The van der Waals surface area contributed by atoms with Crippen LogP contribution in [0.5, 0.6) is 0 Å². The first kappa shape index (κ1) is 13.6. The van der Waals surface area contributed by atoms with Crippen LogP contribution in [-0.2, 0) is 14.3 Å². The zero-order valence-electron chi connectivity index (χ0n) is 11.9. The molecule has 18 heavy (non-hydrogen) atoms. The predicted octanol–water partition coefficient (Wildman–Crippen LogP) is 2.95. The summed E-state index contributed by atoms with van der Waals surface area (Å²) < 4.78 is 11.3. The molecule has 1 fully saturated rings. The number of esters is 1. The van der Waals surface area contributed by atoms with Crippen molar-refractivity contribution in [2.75, 3.05) is 13.2 Å². The van der Waals surface area contributed by atoms with Gasteiger partial charge in [0.05, 0.1) is 19.3 Å². The van der Waals surface area contributed by atoms with Gasteiger partial charge in [0.15, 0.2) is 0 Å². The smallest absolute Gasteiger partial charge is 0.302 e. The second kappa shape index (κ2) is 5.04. The van der Waals surface area contributed by atoms with E-state index >= 15 is 0 Å². The van der Waals surface area contributed by atoms with Crippen molar-refractivity contribution in [2.24, 2.45) is 17.3 Å². The molecule has 1 aliphatic carbocycles. The lowest BCUT2D eigenvalue weighted by molar-refractivity contribution is -0.158. The highest BCUT2D eigenvalue weighted by Crippen LogP contribution is 2.46. The molecule has 0 spiro atoms. The number of carbonyl (C=O) groups excluding carboxylic acids is 1. The molecule has 102 valence electrons. The third-order valence-electron chi connectivity index (χ3n) is 4.31. The molecule has 3 nitrogen and oxygen atoms in total. The Labute approximate surface area is 110 Å². The van der Waals surface area contributed by atoms with Crippen molar-refractivity contribution in [3.8, 4) is 0 Å². The SMILES string of the molecule is CC(=O)OC[C@]12CC=C(C)[C@H](C1)C(C(C)C)OC2. The molecule has 2 aliphatic rings. The summed E-state index contributed by atoms with van der Waals surface area (Å²) in [5, 5.41) is 0. The number of ether oxygens (including phenoxy) is 2. The number of hydrogen-bond acceptors (Lipinski definition) is 3. The minimum Gasteiger partial charge on any atom is -0.465 e. The van der Waals surface area contributed by atoms with Gasteiger partial charge in [0, 0.05) is 18.3 Å². The zero-order valence-corrected chi connectivity index (χ0v) is 11.9. The van der Waals surface area contributed by atoms with Crippen molar-refractivity contribution in [2.45, 2.75) is 46.6 Å². The van der Waals surface area contributed by atoms with Crippen molar-refractivity contribution in [1.82, 2.24) is 0 Å². The second-order valence-electron chi connectivity index (χ2n) is 6.26. The van der Waals surface area contributed by atoms with Gasteiger partial charge < -0.3 is 9.47 Å². The Kier molecular flexibility index (Phi) is 3.81. The lowest BCUT2D eigenvalue weighted by Crippen LogP contribution is -2.48. The lowest BCUT2D eigenvalue weighted by atomic mass is 9.66. The molecule has 3 atom stereocenters. The van der Waals surface area contributed by atoms with E-state index in [2.05, 4.69) is 26.8 Å². The van der Waals surface area contributed by atoms with Gasteiger partial charge in [-0.3, -0.25) is 4.79 Å². The quantitative estimate of drug-likeness (QED) is 0.572. The molecule has 0 N–H and O–H groups in total. The molecule has 0 aromatic carbocycles. The van der Waals surface area contributed by atoms with Crippen LogP contribution >= 0.6 is 0 Å². The normalized spacial score (nSPS) is 35.3. The van der Waals surface area contributed by atoms with E-state index in [-0.39, 0.29) is 11.4 Å². The second-order valence-corrected chi connectivity index (χ2v) is 6.26. The highest BCUT2D eigenvalue weighted by molar-refractivity contribution is 5.65. The molecule has 0 aromatic rings. The van der Waals surface area contributed by atoms with Gasteiger partial charge in [-0.05, 0) is 25.7 Å². The lowest BCUT2D eigenvalue weighted by Gasteiger charge is -2.48. The Bertz CT molecular complexity index is 359. The average Bonchev–Trinajstić information content (AvgIpc) is 2.32. The van der Waals surface area contributed by atoms with Gasteiger partial charge in [-0.1, -0.05) is 25.5 Å².